The van der Waals surface area contributed by atoms with Crippen LogP contribution < -0.4 is 10.4 Å². The van der Waals surface area contributed by atoms with E-state index >= 15 is 0 Å². The first kappa shape index (κ1) is 16.5. The van der Waals surface area contributed by atoms with Crippen molar-refractivity contribution in [2.24, 2.45) is 0 Å². The summed E-state index contributed by atoms with van der Waals surface area (Å²) in [5.74, 6) is 0. The van der Waals surface area contributed by atoms with Gasteiger partial charge in [-0.2, -0.15) is 0 Å². The van der Waals surface area contributed by atoms with Crippen molar-refractivity contribution in [3.05, 3.63) is 78.2 Å². The van der Waals surface area contributed by atoms with E-state index in [-0.39, 0.29) is 0 Å². The second-order valence-electron chi connectivity index (χ2n) is 6.73. The first-order chi connectivity index (χ1) is 13.8. The van der Waals surface area contributed by atoms with Crippen LogP contribution in [0, 0.1) is 0 Å². The molecule has 2 aliphatic heterocycles. The molecule has 0 unspecified atom stereocenters. The van der Waals surface area contributed by atoms with Gasteiger partial charge in [0.15, 0.2) is 0 Å². The highest BCUT2D eigenvalue weighted by molar-refractivity contribution is 8.00. The summed E-state index contributed by atoms with van der Waals surface area (Å²) in [4.78, 5) is 16.2. The quantitative estimate of drug-likeness (QED) is 0.305. The summed E-state index contributed by atoms with van der Waals surface area (Å²) in [6, 6.07) is 19.7. The lowest BCUT2D eigenvalue weighted by Crippen LogP contribution is -2.34. The number of fused-ring (bicyclic) bond motifs is 4. The van der Waals surface area contributed by atoms with Gasteiger partial charge in [-0.1, -0.05) is 59.9 Å². The standard InChI is InChI=1S/C22H13N3S2Si/c1-2-4-19-17(3-1)26-22-20(28-19)8-7-16(25-22)13-5-6-14-9-15-11-23-12-24-21(15)27-18(14)10-13/h1-8,10-12H,9H2. The average Bonchev–Trinajstić information content (AvgIpc) is 2.75. The predicted octanol–water partition coefficient (Wildman–Crippen LogP) is 3.71. The van der Waals surface area contributed by atoms with Crippen LogP contribution >= 0.6 is 23.5 Å². The summed E-state index contributed by atoms with van der Waals surface area (Å²) in [5.41, 5.74) is 4.73. The Morgan fingerprint density at radius 2 is 1.75 bits per heavy atom. The molecule has 28 heavy (non-hydrogen) atoms. The fraction of sp³-hybridized carbons (Fsp3) is 0.0455. The molecule has 6 rings (SSSR count). The second kappa shape index (κ2) is 6.58. The van der Waals surface area contributed by atoms with Gasteiger partial charge >= 0.3 is 0 Å². The first-order valence-electron chi connectivity index (χ1n) is 8.98. The second-order valence-corrected chi connectivity index (χ2v) is 10.1. The van der Waals surface area contributed by atoms with E-state index in [1.165, 1.54) is 31.3 Å². The van der Waals surface area contributed by atoms with Gasteiger partial charge in [0.05, 0.1) is 5.69 Å². The Morgan fingerprint density at radius 1 is 0.821 bits per heavy atom. The maximum absolute atomic E-state index is 5.01. The zero-order valence-electron chi connectivity index (χ0n) is 14.7. The molecule has 2 radical (unpaired) electrons. The van der Waals surface area contributed by atoms with E-state index in [4.69, 9.17) is 4.98 Å². The summed E-state index contributed by atoms with van der Waals surface area (Å²) < 4.78 is 0. The number of hydrogen-bond donors (Lipinski definition) is 0. The van der Waals surface area contributed by atoms with Gasteiger partial charge in [0.25, 0.3) is 0 Å². The fourth-order valence-corrected chi connectivity index (χ4v) is 7.00. The monoisotopic (exact) mass is 411 g/mol. The van der Waals surface area contributed by atoms with Crippen LogP contribution in [0.3, 0.4) is 0 Å². The molecule has 2 aromatic carbocycles. The number of hydrogen-bond acceptors (Lipinski definition) is 5. The topological polar surface area (TPSA) is 38.7 Å². The van der Waals surface area contributed by atoms with Gasteiger partial charge in [-0.3, -0.25) is 0 Å². The number of pyridine rings is 1. The Bertz CT molecular complexity index is 1150. The molecule has 2 aliphatic rings. The lowest BCUT2D eigenvalue weighted by atomic mass is 10.0. The van der Waals surface area contributed by atoms with Crippen LogP contribution in [0.5, 0.6) is 0 Å². The maximum atomic E-state index is 5.01. The van der Waals surface area contributed by atoms with E-state index in [2.05, 4.69) is 64.6 Å². The third-order valence-corrected chi connectivity index (χ3v) is 8.90. The fourth-order valence-electron chi connectivity index (χ4n) is 3.51. The van der Waals surface area contributed by atoms with E-state index in [1.54, 1.807) is 29.9 Å². The largest absolute Gasteiger partial charge is 0.244 e. The molecule has 4 heterocycles. The zero-order valence-corrected chi connectivity index (χ0v) is 17.3. The van der Waals surface area contributed by atoms with E-state index in [0.29, 0.717) is 9.52 Å². The Labute approximate surface area is 173 Å². The van der Waals surface area contributed by atoms with Gasteiger partial charge in [0, 0.05) is 33.5 Å². The number of benzene rings is 2. The van der Waals surface area contributed by atoms with E-state index in [9.17, 15) is 0 Å². The van der Waals surface area contributed by atoms with Crippen molar-refractivity contribution in [2.45, 2.75) is 26.3 Å². The molecule has 0 bridgehead atoms. The van der Waals surface area contributed by atoms with Gasteiger partial charge in [-0.25, -0.2) is 15.0 Å². The highest BCUT2D eigenvalue weighted by atomic mass is 32.2. The van der Waals surface area contributed by atoms with Crippen molar-refractivity contribution in [3.63, 3.8) is 0 Å². The van der Waals surface area contributed by atoms with Crippen molar-refractivity contribution < 1.29 is 0 Å². The van der Waals surface area contributed by atoms with Gasteiger partial charge < -0.3 is 0 Å². The van der Waals surface area contributed by atoms with Crippen LogP contribution in [0.15, 0.2) is 87.0 Å². The van der Waals surface area contributed by atoms with Gasteiger partial charge in [-0.15, -0.1) is 0 Å². The molecular formula is C22H13N3S2Si. The molecular weight excluding hydrogens is 398 g/mol. The molecule has 0 atom stereocenters. The van der Waals surface area contributed by atoms with Crippen molar-refractivity contribution in [1.82, 2.24) is 15.0 Å². The molecule has 2 aromatic heterocycles. The first-order valence-corrected chi connectivity index (χ1v) is 11.6. The summed E-state index contributed by atoms with van der Waals surface area (Å²) in [5, 5.41) is 4.95. The SMILES string of the molecule is c1ccc2c(c1)[Si]c1ccc(-c3ccc4c(c3)Sc3ncncc3C4)nc1S2. The summed E-state index contributed by atoms with van der Waals surface area (Å²) >= 11 is 3.51. The van der Waals surface area contributed by atoms with Crippen LogP contribution in [0.25, 0.3) is 11.3 Å². The molecule has 132 valence electrons. The molecule has 0 saturated carbocycles. The van der Waals surface area contributed by atoms with Gasteiger partial charge in [0.2, 0.25) is 0 Å². The predicted molar refractivity (Wildman–Crippen MR) is 114 cm³/mol. The number of rotatable bonds is 1. The number of aromatic nitrogens is 3. The van der Waals surface area contributed by atoms with Crippen LogP contribution in [0.4, 0.5) is 0 Å². The zero-order chi connectivity index (χ0) is 18.5. The maximum Gasteiger partial charge on any atom is 0.126 e. The molecule has 3 nitrogen and oxygen atoms in total. The molecule has 4 aromatic rings. The molecule has 0 spiro atoms. The molecule has 6 heteroatoms. The summed E-state index contributed by atoms with van der Waals surface area (Å²) in [7, 11) is 0.681. The van der Waals surface area contributed by atoms with Gasteiger partial charge in [-0.05, 0) is 34.1 Å². The number of nitrogens with zero attached hydrogens (tertiary/aromatic N) is 3. The Kier molecular flexibility index (Phi) is 3.89. The highest BCUT2D eigenvalue weighted by Gasteiger charge is 2.20. The lowest BCUT2D eigenvalue weighted by Gasteiger charge is -2.19. The van der Waals surface area contributed by atoms with Gasteiger partial charge in [0.1, 0.15) is 25.9 Å². The summed E-state index contributed by atoms with van der Waals surface area (Å²) in [6.07, 6.45) is 4.44. The van der Waals surface area contributed by atoms with Crippen molar-refractivity contribution in [2.75, 3.05) is 0 Å². The normalized spacial score (nSPS) is 13.9. The van der Waals surface area contributed by atoms with Crippen LogP contribution in [0.2, 0.25) is 0 Å². The third kappa shape index (κ3) is 2.80. The minimum atomic E-state index is 0.681. The van der Waals surface area contributed by atoms with E-state index in [1.807, 2.05) is 6.20 Å². The van der Waals surface area contributed by atoms with Crippen molar-refractivity contribution in [3.8, 4) is 11.3 Å². The molecule has 0 N–H and O–H groups in total. The Balaban J connectivity index is 1.36. The Hall–Kier alpha value is -2.41. The van der Waals surface area contributed by atoms with Crippen molar-refractivity contribution >= 4 is 43.4 Å². The molecule has 0 saturated heterocycles. The van der Waals surface area contributed by atoms with E-state index < -0.39 is 0 Å². The smallest absolute Gasteiger partial charge is 0.126 e. The minimum absolute atomic E-state index is 0.681. The Morgan fingerprint density at radius 3 is 2.75 bits per heavy atom. The van der Waals surface area contributed by atoms with Crippen LogP contribution in [-0.2, 0) is 6.42 Å². The third-order valence-electron chi connectivity index (χ3n) is 4.92. The minimum Gasteiger partial charge on any atom is -0.244 e. The molecule has 0 fully saturated rings. The highest BCUT2D eigenvalue weighted by Crippen LogP contribution is 2.39. The van der Waals surface area contributed by atoms with Crippen LogP contribution in [0.1, 0.15) is 11.1 Å². The van der Waals surface area contributed by atoms with E-state index in [0.717, 1.165) is 27.7 Å². The molecule has 0 aliphatic carbocycles. The van der Waals surface area contributed by atoms with Crippen molar-refractivity contribution in [1.29, 1.82) is 0 Å². The summed E-state index contributed by atoms with van der Waals surface area (Å²) in [6.45, 7) is 0. The lowest BCUT2D eigenvalue weighted by molar-refractivity contribution is 0.932. The molecule has 0 amide bonds. The van der Waals surface area contributed by atoms with Crippen LogP contribution in [-0.4, -0.2) is 24.5 Å². The average molecular weight is 412 g/mol.